The molecule has 0 aromatic carbocycles. The van der Waals surface area contributed by atoms with Gasteiger partial charge in [0.05, 0.1) is 12.7 Å². The average molecular weight is 463 g/mol. The minimum absolute atomic E-state index is 0.186. The maximum atomic E-state index is 13.6. The average Bonchev–Trinajstić information content (AvgIpc) is 3.15. The van der Waals surface area contributed by atoms with Crippen LogP contribution in [0.15, 0.2) is 0 Å². The lowest BCUT2D eigenvalue weighted by atomic mass is 9.63. The maximum absolute atomic E-state index is 13.6. The number of nitrogens with zero attached hydrogens (tertiary/aromatic N) is 1. The molecule has 2 saturated heterocycles. The summed E-state index contributed by atoms with van der Waals surface area (Å²) in [5.41, 5.74) is 6.79. The molecular weight excluding hydrogens is 416 g/mol. The van der Waals surface area contributed by atoms with Gasteiger partial charge in [0.25, 0.3) is 0 Å². The maximum Gasteiger partial charge on any atom is 0.225 e. The Bertz CT molecular complexity index is 687. The molecule has 7 unspecified atom stereocenters. The van der Waals surface area contributed by atoms with Gasteiger partial charge in [-0.2, -0.15) is 0 Å². The zero-order valence-electron chi connectivity index (χ0n) is 20.4. The lowest BCUT2D eigenvalue weighted by Gasteiger charge is -2.49. The smallest absolute Gasteiger partial charge is 0.225 e. The number of piperidine rings is 1. The van der Waals surface area contributed by atoms with E-state index >= 15 is 0 Å². The van der Waals surface area contributed by atoms with Crippen LogP contribution >= 0.6 is 0 Å². The number of carbonyl (C=O) groups excluding carboxylic acids is 1. The van der Waals surface area contributed by atoms with E-state index in [0.717, 1.165) is 57.8 Å². The van der Waals surface area contributed by atoms with Crippen molar-refractivity contribution in [3.05, 3.63) is 0 Å². The van der Waals surface area contributed by atoms with Crippen LogP contribution in [-0.4, -0.2) is 56.3 Å². The molecule has 1 amide bonds. The highest BCUT2D eigenvalue weighted by Gasteiger charge is 2.53. The van der Waals surface area contributed by atoms with Crippen LogP contribution in [0.3, 0.4) is 0 Å². The number of ether oxygens (including phenoxy) is 1. The van der Waals surface area contributed by atoms with Crippen LogP contribution in [0.25, 0.3) is 0 Å². The van der Waals surface area contributed by atoms with Crippen molar-refractivity contribution in [1.29, 1.82) is 0 Å². The van der Waals surface area contributed by atoms with Gasteiger partial charge in [-0.3, -0.25) is 4.79 Å². The van der Waals surface area contributed by atoms with Crippen molar-refractivity contribution in [2.45, 2.75) is 95.4 Å². The minimum Gasteiger partial charge on any atom is -0.432 e. The predicted molar refractivity (Wildman–Crippen MR) is 129 cm³/mol. The molecule has 32 heavy (non-hydrogen) atoms. The largest absolute Gasteiger partial charge is 0.432 e. The van der Waals surface area contributed by atoms with E-state index in [-0.39, 0.29) is 11.3 Å². The first-order valence-corrected chi connectivity index (χ1v) is 16.7. The Morgan fingerprint density at radius 2 is 1.88 bits per heavy atom. The van der Waals surface area contributed by atoms with Gasteiger partial charge in [-0.15, -0.1) is 0 Å². The first kappa shape index (κ1) is 23.3. The van der Waals surface area contributed by atoms with Gasteiger partial charge in [0.1, 0.15) is 0 Å². The molecule has 2 aliphatic heterocycles. The lowest BCUT2D eigenvalue weighted by molar-refractivity contribution is -0.140. The number of likely N-dealkylation sites (tertiary alicyclic amines) is 1. The monoisotopic (exact) mass is 462 g/mol. The second-order valence-electron chi connectivity index (χ2n) is 12.7. The molecule has 5 rings (SSSR count). The van der Waals surface area contributed by atoms with E-state index in [4.69, 9.17) is 10.5 Å². The second kappa shape index (κ2) is 8.97. The third-order valence-corrected chi connectivity index (χ3v) is 13.1. The van der Waals surface area contributed by atoms with Gasteiger partial charge < -0.3 is 20.2 Å². The van der Waals surface area contributed by atoms with Crippen molar-refractivity contribution in [2.75, 3.05) is 26.2 Å². The van der Waals surface area contributed by atoms with Crippen molar-refractivity contribution in [2.24, 2.45) is 40.7 Å². The molecule has 5 nitrogen and oxygen atoms in total. The summed E-state index contributed by atoms with van der Waals surface area (Å²) < 4.78 is 6.29. The van der Waals surface area contributed by atoms with Gasteiger partial charge in [-0.1, -0.05) is 19.3 Å². The first-order valence-electron chi connectivity index (χ1n) is 13.6. The molecule has 0 aromatic heterocycles. The fraction of sp³-hybridized carbons (Fsp3) is 0.962. The Morgan fingerprint density at radius 1 is 1.09 bits per heavy atom. The van der Waals surface area contributed by atoms with Gasteiger partial charge in [0.15, 0.2) is 8.32 Å². The molecule has 5 fully saturated rings. The molecule has 0 radical (unpaired) electrons. The van der Waals surface area contributed by atoms with Crippen molar-refractivity contribution in [3.63, 3.8) is 0 Å². The molecule has 3 saturated carbocycles. The lowest BCUT2D eigenvalue weighted by Crippen LogP contribution is -2.51. The van der Waals surface area contributed by atoms with E-state index in [9.17, 15) is 9.59 Å². The Kier molecular flexibility index (Phi) is 6.54. The molecule has 3 N–H and O–H groups in total. The van der Waals surface area contributed by atoms with Crippen LogP contribution in [0, 0.1) is 35.0 Å². The number of fused-ring (bicyclic) bond motifs is 3. The summed E-state index contributed by atoms with van der Waals surface area (Å²) in [6.45, 7) is 7.76. The van der Waals surface area contributed by atoms with E-state index in [1.165, 1.54) is 44.9 Å². The Labute approximate surface area is 196 Å². The Hall–Kier alpha value is -0.433. The van der Waals surface area contributed by atoms with Gasteiger partial charge in [0.2, 0.25) is 5.91 Å². The highest BCUT2D eigenvalue weighted by Crippen LogP contribution is 2.54. The van der Waals surface area contributed by atoms with Gasteiger partial charge in [-0.25, -0.2) is 0 Å². The Balaban J connectivity index is 1.20. The van der Waals surface area contributed by atoms with Crippen LogP contribution < -0.4 is 5.73 Å². The zero-order valence-corrected chi connectivity index (χ0v) is 21.4. The molecule has 5 aliphatic rings. The molecule has 182 valence electrons. The van der Waals surface area contributed by atoms with E-state index in [0.29, 0.717) is 35.3 Å². The van der Waals surface area contributed by atoms with Crippen LogP contribution in [-0.2, 0) is 9.53 Å². The predicted octanol–water partition coefficient (Wildman–Crippen LogP) is 4.15. The molecule has 6 heteroatoms. The molecule has 2 heterocycles. The molecule has 0 bridgehead atoms. The number of hydrogen-bond acceptors (Lipinski definition) is 4. The van der Waals surface area contributed by atoms with Crippen LogP contribution in [0.1, 0.15) is 70.6 Å². The number of nitrogens with two attached hydrogens (primary N) is 1. The summed E-state index contributed by atoms with van der Waals surface area (Å²) in [6, 6.07) is 0. The third-order valence-electron chi connectivity index (χ3n) is 10.6. The van der Waals surface area contributed by atoms with Crippen LogP contribution in [0.5, 0.6) is 0 Å². The first-order chi connectivity index (χ1) is 15.3. The highest BCUT2D eigenvalue weighted by atomic mass is 28.4. The molecule has 0 aromatic rings. The SMILES string of the molecule is C[Si](C)(O)C1CCCC2CCC(C(=O)N3CCC4(CC3)COC3CCC(CN)CC34)CC21. The van der Waals surface area contributed by atoms with Gasteiger partial charge in [-0.05, 0) is 100 Å². The van der Waals surface area contributed by atoms with Crippen molar-refractivity contribution >= 4 is 14.2 Å². The normalized spacial score (nSPS) is 41.9. The van der Waals surface area contributed by atoms with E-state index in [2.05, 4.69) is 18.0 Å². The van der Waals surface area contributed by atoms with E-state index < -0.39 is 8.32 Å². The number of amides is 1. The fourth-order valence-corrected chi connectivity index (χ4v) is 11.0. The Morgan fingerprint density at radius 3 is 2.59 bits per heavy atom. The van der Waals surface area contributed by atoms with Crippen LogP contribution in [0.4, 0.5) is 0 Å². The molecular formula is C26H46N2O3Si. The summed E-state index contributed by atoms with van der Waals surface area (Å²) in [6.07, 6.45) is 13.3. The summed E-state index contributed by atoms with van der Waals surface area (Å²) >= 11 is 0. The summed E-state index contributed by atoms with van der Waals surface area (Å²) in [7, 11) is -2.16. The standard InChI is InChI=1S/C26H46N2O3Si/c1-32(2,30)24-5-3-4-19-7-8-20(15-21(19)24)25(29)28-12-10-26(11-13-28)17-31-23-9-6-18(16-27)14-22(23)26/h18-24,30H,3-17,27H2,1-2H3. The third kappa shape index (κ3) is 4.23. The molecule has 7 atom stereocenters. The number of carbonyl (C=O) groups is 1. The quantitative estimate of drug-likeness (QED) is 0.618. The van der Waals surface area contributed by atoms with Crippen molar-refractivity contribution in [3.8, 4) is 0 Å². The zero-order chi connectivity index (χ0) is 22.5. The van der Waals surface area contributed by atoms with Gasteiger partial charge in [0, 0.05) is 24.4 Å². The molecule has 3 aliphatic carbocycles. The summed E-state index contributed by atoms with van der Waals surface area (Å²) in [5, 5.41) is 0. The summed E-state index contributed by atoms with van der Waals surface area (Å²) in [5.74, 6) is 3.24. The number of rotatable bonds is 3. The van der Waals surface area contributed by atoms with E-state index in [1.807, 2.05) is 0 Å². The van der Waals surface area contributed by atoms with Crippen molar-refractivity contribution < 1.29 is 14.3 Å². The second-order valence-corrected chi connectivity index (χ2v) is 16.7. The topological polar surface area (TPSA) is 75.8 Å². The van der Waals surface area contributed by atoms with Gasteiger partial charge >= 0.3 is 0 Å². The number of hydrogen-bond donors (Lipinski definition) is 2. The molecule has 1 spiro atoms. The minimum atomic E-state index is -2.16. The van der Waals surface area contributed by atoms with Crippen molar-refractivity contribution in [1.82, 2.24) is 4.90 Å². The fourth-order valence-electron chi connectivity index (χ4n) is 8.65. The van der Waals surface area contributed by atoms with E-state index in [1.54, 1.807) is 0 Å². The van der Waals surface area contributed by atoms with Crippen LogP contribution in [0.2, 0.25) is 18.6 Å². The summed E-state index contributed by atoms with van der Waals surface area (Å²) in [4.78, 5) is 26.7. The highest BCUT2D eigenvalue weighted by molar-refractivity contribution is 6.71.